The summed E-state index contributed by atoms with van der Waals surface area (Å²) >= 11 is 0. The highest BCUT2D eigenvalue weighted by atomic mass is 16.5. The maximum absolute atomic E-state index is 11.1. The molecular weight excluding hydrogens is 214 g/mol. The maximum Gasteiger partial charge on any atom is 0.0762 e. The predicted molar refractivity (Wildman–Crippen MR) is 68.8 cm³/mol. The van der Waals surface area contributed by atoms with Gasteiger partial charge in [0.15, 0.2) is 0 Å². The summed E-state index contributed by atoms with van der Waals surface area (Å²) in [5.41, 5.74) is 5.42. The van der Waals surface area contributed by atoms with Crippen LogP contribution in [0, 0.1) is 5.41 Å². The van der Waals surface area contributed by atoms with Crippen molar-refractivity contribution in [2.45, 2.75) is 70.0 Å². The van der Waals surface area contributed by atoms with Crippen molar-refractivity contribution in [3.63, 3.8) is 0 Å². The number of nitrogens with two attached hydrogens (primary N) is 1. The van der Waals surface area contributed by atoms with Crippen LogP contribution < -0.4 is 5.73 Å². The zero-order valence-electron chi connectivity index (χ0n) is 11.1. The van der Waals surface area contributed by atoms with Crippen molar-refractivity contribution >= 4 is 0 Å². The second-order valence-corrected chi connectivity index (χ2v) is 5.93. The van der Waals surface area contributed by atoms with Crippen LogP contribution in [0.5, 0.6) is 0 Å². The molecule has 0 spiro atoms. The van der Waals surface area contributed by atoms with E-state index in [1.807, 2.05) is 0 Å². The molecular formula is C14H27NO2. The van der Waals surface area contributed by atoms with E-state index in [4.69, 9.17) is 10.5 Å². The molecule has 17 heavy (non-hydrogen) atoms. The molecule has 0 bridgehead atoms. The second kappa shape index (κ2) is 5.25. The van der Waals surface area contributed by atoms with Crippen molar-refractivity contribution < 1.29 is 9.84 Å². The van der Waals surface area contributed by atoms with Gasteiger partial charge in [-0.05, 0) is 19.3 Å². The topological polar surface area (TPSA) is 55.5 Å². The monoisotopic (exact) mass is 241 g/mol. The molecule has 2 aliphatic rings. The van der Waals surface area contributed by atoms with Crippen LogP contribution in [0.1, 0.15) is 58.3 Å². The molecule has 1 heterocycles. The fraction of sp³-hybridized carbons (Fsp3) is 1.00. The van der Waals surface area contributed by atoms with Crippen LogP contribution in [-0.2, 0) is 4.74 Å². The molecule has 1 aliphatic carbocycles. The number of hydrogen-bond acceptors (Lipinski definition) is 3. The molecule has 2 rings (SSSR count). The van der Waals surface area contributed by atoms with E-state index in [0.29, 0.717) is 13.2 Å². The molecule has 2 fully saturated rings. The summed E-state index contributed by atoms with van der Waals surface area (Å²) < 4.78 is 5.70. The van der Waals surface area contributed by atoms with Crippen LogP contribution in [0.4, 0.5) is 0 Å². The average Bonchev–Trinajstić information content (AvgIpc) is 2.39. The van der Waals surface area contributed by atoms with E-state index in [0.717, 1.165) is 32.1 Å². The number of rotatable bonds is 3. The van der Waals surface area contributed by atoms with Gasteiger partial charge in [-0.2, -0.15) is 0 Å². The Morgan fingerprint density at radius 1 is 1.24 bits per heavy atom. The number of hydrogen-bond donors (Lipinski definition) is 2. The zero-order chi connectivity index (χ0) is 12.4. The average molecular weight is 241 g/mol. The van der Waals surface area contributed by atoms with Crippen LogP contribution >= 0.6 is 0 Å². The lowest BCUT2D eigenvalue weighted by molar-refractivity contribution is -0.175. The third-order valence-electron chi connectivity index (χ3n) is 5.08. The van der Waals surface area contributed by atoms with Crippen molar-refractivity contribution in [1.82, 2.24) is 0 Å². The molecule has 1 aliphatic heterocycles. The first-order valence-corrected chi connectivity index (χ1v) is 7.20. The Morgan fingerprint density at radius 3 is 2.53 bits per heavy atom. The molecule has 0 aromatic rings. The predicted octanol–water partition coefficient (Wildman–Crippen LogP) is 2.22. The highest BCUT2D eigenvalue weighted by Gasteiger charge is 2.51. The summed E-state index contributed by atoms with van der Waals surface area (Å²) in [5, 5.41) is 11.1. The smallest absolute Gasteiger partial charge is 0.0762 e. The summed E-state index contributed by atoms with van der Waals surface area (Å²) in [6, 6.07) is 0. The summed E-state index contributed by atoms with van der Waals surface area (Å²) in [4.78, 5) is 0. The molecule has 1 saturated carbocycles. The third kappa shape index (κ3) is 2.38. The first-order chi connectivity index (χ1) is 8.16. The van der Waals surface area contributed by atoms with E-state index in [9.17, 15) is 5.11 Å². The highest BCUT2D eigenvalue weighted by Crippen LogP contribution is 2.49. The molecule has 0 aromatic carbocycles. The quantitative estimate of drug-likeness (QED) is 0.796. The van der Waals surface area contributed by atoms with Crippen molar-refractivity contribution in [2.75, 3.05) is 13.2 Å². The Morgan fingerprint density at radius 2 is 1.94 bits per heavy atom. The highest BCUT2D eigenvalue weighted by molar-refractivity contribution is 5.03. The molecule has 2 atom stereocenters. The fourth-order valence-corrected chi connectivity index (χ4v) is 3.76. The van der Waals surface area contributed by atoms with Gasteiger partial charge in [-0.3, -0.25) is 0 Å². The molecule has 0 amide bonds. The van der Waals surface area contributed by atoms with Crippen molar-refractivity contribution in [3.8, 4) is 0 Å². The van der Waals surface area contributed by atoms with Crippen molar-refractivity contribution in [1.29, 1.82) is 0 Å². The Labute approximate surface area is 105 Å². The molecule has 1 saturated heterocycles. The minimum absolute atomic E-state index is 0.0392. The van der Waals surface area contributed by atoms with E-state index in [1.165, 1.54) is 19.3 Å². The third-order valence-corrected chi connectivity index (χ3v) is 5.08. The van der Waals surface area contributed by atoms with E-state index in [-0.39, 0.29) is 11.5 Å². The van der Waals surface area contributed by atoms with Crippen LogP contribution in [0.3, 0.4) is 0 Å². The summed E-state index contributed by atoms with van der Waals surface area (Å²) in [5.74, 6) is 0. The summed E-state index contributed by atoms with van der Waals surface area (Å²) in [6.45, 7) is 3.45. The largest absolute Gasteiger partial charge is 0.389 e. The van der Waals surface area contributed by atoms with E-state index < -0.39 is 5.60 Å². The van der Waals surface area contributed by atoms with Gasteiger partial charge in [-0.1, -0.05) is 26.2 Å². The van der Waals surface area contributed by atoms with Crippen LogP contribution in [0.2, 0.25) is 0 Å². The lowest BCUT2D eigenvalue weighted by Gasteiger charge is -2.52. The van der Waals surface area contributed by atoms with Crippen LogP contribution in [0.25, 0.3) is 0 Å². The minimum atomic E-state index is -0.582. The van der Waals surface area contributed by atoms with Gasteiger partial charge in [0.1, 0.15) is 0 Å². The SMILES string of the molecule is CCC1CC(O)(C2(CN)CCCCC2)CCO1. The summed E-state index contributed by atoms with van der Waals surface area (Å²) in [6.07, 6.45) is 8.68. The van der Waals surface area contributed by atoms with Crippen LogP contribution in [0.15, 0.2) is 0 Å². The van der Waals surface area contributed by atoms with E-state index in [2.05, 4.69) is 6.92 Å². The normalized spacial score (nSPS) is 37.9. The number of ether oxygens (including phenoxy) is 1. The van der Waals surface area contributed by atoms with Gasteiger partial charge in [-0.25, -0.2) is 0 Å². The van der Waals surface area contributed by atoms with Gasteiger partial charge in [0, 0.05) is 31.4 Å². The first kappa shape index (κ1) is 13.3. The molecule has 3 nitrogen and oxygen atoms in total. The van der Waals surface area contributed by atoms with E-state index >= 15 is 0 Å². The molecule has 100 valence electrons. The first-order valence-electron chi connectivity index (χ1n) is 7.20. The summed E-state index contributed by atoms with van der Waals surface area (Å²) in [7, 11) is 0. The number of aliphatic hydroxyl groups is 1. The Kier molecular flexibility index (Phi) is 4.11. The molecule has 3 N–H and O–H groups in total. The molecule has 0 aromatic heterocycles. The maximum atomic E-state index is 11.1. The Hall–Kier alpha value is -0.120. The van der Waals surface area contributed by atoms with Gasteiger partial charge >= 0.3 is 0 Å². The van der Waals surface area contributed by atoms with E-state index in [1.54, 1.807) is 0 Å². The van der Waals surface area contributed by atoms with Crippen molar-refractivity contribution in [3.05, 3.63) is 0 Å². The Bertz CT molecular complexity index is 251. The lowest BCUT2D eigenvalue weighted by atomic mass is 9.60. The molecule has 0 radical (unpaired) electrons. The molecule has 3 heteroatoms. The lowest BCUT2D eigenvalue weighted by Crippen LogP contribution is -2.57. The zero-order valence-corrected chi connectivity index (χ0v) is 11.1. The van der Waals surface area contributed by atoms with Crippen molar-refractivity contribution in [2.24, 2.45) is 11.1 Å². The van der Waals surface area contributed by atoms with Gasteiger partial charge in [0.25, 0.3) is 0 Å². The van der Waals surface area contributed by atoms with Crippen LogP contribution in [-0.4, -0.2) is 30.0 Å². The standard InChI is InChI=1S/C14H27NO2/c1-2-12-10-14(16,8-9-17-12)13(11-15)6-4-3-5-7-13/h12,16H,2-11,15H2,1H3. The Balaban J connectivity index is 2.15. The van der Waals surface area contributed by atoms with Gasteiger partial charge < -0.3 is 15.6 Å². The van der Waals surface area contributed by atoms with Gasteiger partial charge in [0.05, 0.1) is 11.7 Å². The van der Waals surface area contributed by atoms with Gasteiger partial charge in [-0.15, -0.1) is 0 Å². The minimum Gasteiger partial charge on any atom is -0.389 e. The second-order valence-electron chi connectivity index (χ2n) is 5.93. The fourth-order valence-electron chi connectivity index (χ4n) is 3.76. The molecule has 2 unspecified atom stereocenters. The van der Waals surface area contributed by atoms with Gasteiger partial charge in [0.2, 0.25) is 0 Å².